The molecule has 0 unspecified atom stereocenters. The van der Waals surface area contributed by atoms with Gasteiger partial charge in [-0.3, -0.25) is 0 Å². The summed E-state index contributed by atoms with van der Waals surface area (Å²) in [6, 6.07) is 17.8. The minimum absolute atomic E-state index is 0.222. The molecule has 24 heavy (non-hydrogen) atoms. The lowest BCUT2D eigenvalue weighted by Crippen LogP contribution is -2.06. The monoisotopic (exact) mass is 324 g/mol. The SMILES string of the molecule is CCCCCCCCCOC(=O)c1ccc(-c2ccccc2)cc1. The van der Waals surface area contributed by atoms with Crippen LogP contribution in [0.1, 0.15) is 62.2 Å². The summed E-state index contributed by atoms with van der Waals surface area (Å²) in [4.78, 5) is 12.0. The van der Waals surface area contributed by atoms with Crippen molar-refractivity contribution in [2.45, 2.75) is 51.9 Å². The number of rotatable bonds is 10. The highest BCUT2D eigenvalue weighted by Gasteiger charge is 2.07. The average molecular weight is 324 g/mol. The average Bonchev–Trinajstić information content (AvgIpc) is 2.64. The number of carbonyl (C=O) groups is 1. The summed E-state index contributed by atoms with van der Waals surface area (Å²) in [6.45, 7) is 2.75. The van der Waals surface area contributed by atoms with Gasteiger partial charge in [0.2, 0.25) is 0 Å². The molecule has 0 radical (unpaired) electrons. The lowest BCUT2D eigenvalue weighted by molar-refractivity contribution is 0.0497. The first-order chi connectivity index (χ1) is 11.8. The summed E-state index contributed by atoms with van der Waals surface area (Å²) in [7, 11) is 0. The first kappa shape index (κ1) is 18.3. The molecule has 2 rings (SSSR count). The number of hydrogen-bond donors (Lipinski definition) is 0. The Labute approximate surface area is 145 Å². The molecule has 0 spiro atoms. The molecule has 0 atom stereocenters. The third kappa shape index (κ3) is 6.19. The lowest BCUT2D eigenvalue weighted by Gasteiger charge is -2.06. The van der Waals surface area contributed by atoms with Gasteiger partial charge in [0.05, 0.1) is 12.2 Å². The van der Waals surface area contributed by atoms with Crippen LogP contribution in [0.4, 0.5) is 0 Å². The maximum atomic E-state index is 12.0. The fourth-order valence-corrected chi connectivity index (χ4v) is 2.74. The Hall–Kier alpha value is -2.09. The Balaban J connectivity index is 1.69. The minimum Gasteiger partial charge on any atom is -0.462 e. The van der Waals surface area contributed by atoms with Gasteiger partial charge in [-0.1, -0.05) is 87.9 Å². The topological polar surface area (TPSA) is 26.3 Å². The summed E-state index contributed by atoms with van der Waals surface area (Å²) < 4.78 is 5.36. The first-order valence-corrected chi connectivity index (χ1v) is 9.14. The van der Waals surface area contributed by atoms with E-state index in [0.717, 1.165) is 24.0 Å². The van der Waals surface area contributed by atoms with Gasteiger partial charge in [-0.25, -0.2) is 4.79 Å². The molecular formula is C22H28O2. The molecule has 0 saturated carbocycles. The van der Waals surface area contributed by atoms with E-state index in [1.807, 2.05) is 42.5 Å². The van der Waals surface area contributed by atoms with Crippen LogP contribution in [0.5, 0.6) is 0 Å². The Morgan fingerprint density at radius 2 is 1.33 bits per heavy atom. The molecule has 0 aromatic heterocycles. The third-order valence-electron chi connectivity index (χ3n) is 4.21. The molecule has 0 N–H and O–H groups in total. The Bertz CT molecular complexity index is 587. The van der Waals surface area contributed by atoms with Crippen LogP contribution in [0.15, 0.2) is 54.6 Å². The van der Waals surface area contributed by atoms with Gasteiger partial charge in [-0.05, 0) is 29.7 Å². The molecule has 2 aromatic rings. The van der Waals surface area contributed by atoms with Gasteiger partial charge in [0.15, 0.2) is 0 Å². The third-order valence-corrected chi connectivity index (χ3v) is 4.21. The summed E-state index contributed by atoms with van der Waals surface area (Å²) in [5.74, 6) is -0.222. The van der Waals surface area contributed by atoms with E-state index in [9.17, 15) is 4.79 Å². The number of carbonyl (C=O) groups excluding carboxylic acids is 1. The molecule has 2 heteroatoms. The van der Waals surface area contributed by atoms with Gasteiger partial charge in [0.25, 0.3) is 0 Å². The van der Waals surface area contributed by atoms with Gasteiger partial charge in [-0.2, -0.15) is 0 Å². The molecule has 0 saturated heterocycles. The number of benzene rings is 2. The standard InChI is InChI=1S/C22H28O2/c1-2-3-4-5-6-7-11-18-24-22(23)21-16-14-20(15-17-21)19-12-9-8-10-13-19/h8-10,12-17H,2-7,11,18H2,1H3. The molecule has 0 fully saturated rings. The van der Waals surface area contributed by atoms with E-state index in [0.29, 0.717) is 12.2 Å². The van der Waals surface area contributed by atoms with Crippen molar-refractivity contribution in [1.82, 2.24) is 0 Å². The number of esters is 1. The fourth-order valence-electron chi connectivity index (χ4n) is 2.74. The van der Waals surface area contributed by atoms with Crippen molar-refractivity contribution >= 4 is 5.97 Å². The van der Waals surface area contributed by atoms with E-state index in [-0.39, 0.29) is 5.97 Å². The largest absolute Gasteiger partial charge is 0.462 e. The molecule has 0 aliphatic heterocycles. The van der Waals surface area contributed by atoms with Gasteiger partial charge in [0, 0.05) is 0 Å². The maximum absolute atomic E-state index is 12.0. The van der Waals surface area contributed by atoms with Crippen LogP contribution in [-0.4, -0.2) is 12.6 Å². The normalized spacial score (nSPS) is 10.5. The number of hydrogen-bond acceptors (Lipinski definition) is 2. The smallest absolute Gasteiger partial charge is 0.338 e. The van der Waals surface area contributed by atoms with Crippen LogP contribution in [0, 0.1) is 0 Å². The van der Waals surface area contributed by atoms with Crippen molar-refractivity contribution in [2.75, 3.05) is 6.61 Å². The highest BCUT2D eigenvalue weighted by molar-refractivity contribution is 5.90. The van der Waals surface area contributed by atoms with E-state index >= 15 is 0 Å². The molecule has 2 nitrogen and oxygen atoms in total. The molecule has 2 aromatic carbocycles. The van der Waals surface area contributed by atoms with Gasteiger partial charge in [-0.15, -0.1) is 0 Å². The van der Waals surface area contributed by atoms with Gasteiger partial charge >= 0.3 is 5.97 Å². The van der Waals surface area contributed by atoms with E-state index in [2.05, 4.69) is 19.1 Å². The fraction of sp³-hybridized carbons (Fsp3) is 0.409. The number of unbranched alkanes of at least 4 members (excludes halogenated alkanes) is 6. The molecule has 128 valence electrons. The van der Waals surface area contributed by atoms with E-state index < -0.39 is 0 Å². The van der Waals surface area contributed by atoms with Gasteiger partial charge in [0.1, 0.15) is 0 Å². The molecule has 0 aliphatic rings. The second-order valence-corrected chi connectivity index (χ2v) is 6.20. The predicted molar refractivity (Wildman–Crippen MR) is 100 cm³/mol. The summed E-state index contributed by atoms with van der Waals surface area (Å²) in [5, 5.41) is 0. The predicted octanol–water partition coefficient (Wildman–Crippen LogP) is 6.26. The van der Waals surface area contributed by atoms with Crippen LogP contribution < -0.4 is 0 Å². The van der Waals surface area contributed by atoms with Crippen molar-refractivity contribution in [3.8, 4) is 11.1 Å². The summed E-state index contributed by atoms with van der Waals surface area (Å²) in [5.41, 5.74) is 2.89. The quantitative estimate of drug-likeness (QED) is 0.381. The van der Waals surface area contributed by atoms with E-state index in [1.54, 1.807) is 0 Å². The summed E-state index contributed by atoms with van der Waals surface area (Å²) >= 11 is 0. The van der Waals surface area contributed by atoms with Crippen LogP contribution in [-0.2, 0) is 4.74 Å². The minimum atomic E-state index is -0.222. The second-order valence-electron chi connectivity index (χ2n) is 6.20. The zero-order valence-electron chi connectivity index (χ0n) is 14.7. The Kier molecular flexibility index (Phi) is 8.09. The van der Waals surface area contributed by atoms with Crippen molar-refractivity contribution in [2.24, 2.45) is 0 Å². The number of ether oxygens (including phenoxy) is 1. The van der Waals surface area contributed by atoms with Gasteiger partial charge < -0.3 is 4.74 Å². The maximum Gasteiger partial charge on any atom is 0.338 e. The molecular weight excluding hydrogens is 296 g/mol. The highest BCUT2D eigenvalue weighted by Crippen LogP contribution is 2.19. The van der Waals surface area contributed by atoms with Crippen molar-refractivity contribution in [3.05, 3.63) is 60.2 Å². The van der Waals surface area contributed by atoms with Crippen molar-refractivity contribution < 1.29 is 9.53 Å². The van der Waals surface area contributed by atoms with Crippen LogP contribution >= 0.6 is 0 Å². The van der Waals surface area contributed by atoms with E-state index in [1.165, 1.54) is 32.1 Å². The molecule has 0 amide bonds. The zero-order valence-corrected chi connectivity index (χ0v) is 14.7. The van der Waals surface area contributed by atoms with Crippen LogP contribution in [0.3, 0.4) is 0 Å². The lowest BCUT2D eigenvalue weighted by atomic mass is 10.0. The molecule has 0 bridgehead atoms. The van der Waals surface area contributed by atoms with E-state index in [4.69, 9.17) is 4.74 Å². The second kappa shape index (κ2) is 10.6. The zero-order chi connectivity index (χ0) is 17.0. The molecule has 0 aliphatic carbocycles. The van der Waals surface area contributed by atoms with Crippen molar-refractivity contribution in [1.29, 1.82) is 0 Å². The highest BCUT2D eigenvalue weighted by atomic mass is 16.5. The van der Waals surface area contributed by atoms with Crippen molar-refractivity contribution in [3.63, 3.8) is 0 Å². The Morgan fingerprint density at radius 1 is 0.750 bits per heavy atom. The Morgan fingerprint density at radius 3 is 2.00 bits per heavy atom. The summed E-state index contributed by atoms with van der Waals surface area (Å²) in [6.07, 6.45) is 8.56. The first-order valence-electron chi connectivity index (χ1n) is 9.14. The van der Waals surface area contributed by atoms with Crippen LogP contribution in [0.25, 0.3) is 11.1 Å². The van der Waals surface area contributed by atoms with Crippen LogP contribution in [0.2, 0.25) is 0 Å². The molecule has 0 heterocycles.